The van der Waals surface area contributed by atoms with Crippen molar-refractivity contribution in [3.05, 3.63) is 96.5 Å². The lowest BCUT2D eigenvalue weighted by Gasteiger charge is -2.37. The zero-order valence-corrected chi connectivity index (χ0v) is 26.3. The van der Waals surface area contributed by atoms with E-state index in [0.717, 1.165) is 52.1 Å². The molecule has 0 amide bonds. The summed E-state index contributed by atoms with van der Waals surface area (Å²) in [7, 11) is -1.57. The summed E-state index contributed by atoms with van der Waals surface area (Å²) in [4.78, 5) is 16.3. The molecule has 0 fully saturated rings. The van der Waals surface area contributed by atoms with Crippen molar-refractivity contribution >= 4 is 27.9 Å². The van der Waals surface area contributed by atoms with Crippen LogP contribution >= 0.6 is 0 Å². The third-order valence-corrected chi connectivity index (χ3v) is 9.80. The fourth-order valence-electron chi connectivity index (χ4n) is 6.01. The van der Waals surface area contributed by atoms with Gasteiger partial charge < -0.3 is 10.0 Å². The van der Waals surface area contributed by atoms with Gasteiger partial charge in [-0.05, 0) is 61.6 Å². The zero-order valence-electron chi connectivity index (χ0n) is 25.5. The number of halogens is 1. The Balaban J connectivity index is 1.23. The normalized spacial score (nSPS) is 16.0. The second-order valence-electron chi connectivity index (χ2n) is 12.2. The van der Waals surface area contributed by atoms with Gasteiger partial charge in [-0.25, -0.2) is 28.1 Å². The summed E-state index contributed by atoms with van der Waals surface area (Å²) in [6, 6.07) is 8.41. The number of hydrogen-bond donors (Lipinski definition) is 2. The number of fused-ring (bicyclic) bond motifs is 1. The van der Waals surface area contributed by atoms with Crippen molar-refractivity contribution in [3.8, 4) is 11.1 Å². The molecule has 1 unspecified atom stereocenters. The van der Waals surface area contributed by atoms with Crippen LogP contribution in [0.15, 0.2) is 73.7 Å². The quantitative estimate of drug-likeness (QED) is 0.237. The average molecular weight is 630 g/mol. The molecule has 1 aromatic carbocycles. The molecule has 1 aliphatic heterocycles. The molecule has 5 heterocycles. The summed E-state index contributed by atoms with van der Waals surface area (Å²) in [6.07, 6.45) is 14.1. The average Bonchev–Trinajstić information content (AvgIpc) is 3.69. The molecular weight excluding hydrogens is 593 g/mol. The van der Waals surface area contributed by atoms with E-state index < -0.39 is 21.1 Å². The minimum Gasteiger partial charge on any atom is -0.394 e. The van der Waals surface area contributed by atoms with E-state index >= 15 is 0 Å². The van der Waals surface area contributed by atoms with Crippen molar-refractivity contribution in [2.75, 3.05) is 24.6 Å². The lowest BCUT2D eigenvalue weighted by Crippen LogP contribution is -2.40. The number of anilines is 1. The molecule has 0 saturated heterocycles. The van der Waals surface area contributed by atoms with Gasteiger partial charge in [0.25, 0.3) is 0 Å². The molecule has 5 aromatic rings. The maximum atomic E-state index is 13.8. The number of benzene rings is 1. The topological polar surface area (TPSA) is 140 Å². The molecule has 45 heavy (non-hydrogen) atoms. The number of hydrogen-bond acceptors (Lipinski definition) is 8. The van der Waals surface area contributed by atoms with Crippen molar-refractivity contribution in [3.63, 3.8) is 0 Å². The number of nitrogens with zero attached hydrogens (tertiary/aromatic N) is 8. The zero-order chi connectivity index (χ0) is 31.8. The van der Waals surface area contributed by atoms with E-state index in [2.05, 4.69) is 32.2 Å². The highest BCUT2D eigenvalue weighted by Crippen LogP contribution is 2.40. The first-order chi connectivity index (χ1) is 21.6. The van der Waals surface area contributed by atoms with Gasteiger partial charge in [0.15, 0.2) is 11.6 Å². The summed E-state index contributed by atoms with van der Waals surface area (Å²) < 4.78 is 29.0. The number of aromatic nitrogens is 7. The van der Waals surface area contributed by atoms with Gasteiger partial charge in [0, 0.05) is 54.4 Å². The van der Waals surface area contributed by atoms with Gasteiger partial charge in [-0.3, -0.25) is 9.82 Å². The molecular formula is C32H36FN9O2S. The number of aliphatic hydroxyl groups is 1. The number of nitrogens with two attached hydrogens (primary N) is 1. The predicted molar refractivity (Wildman–Crippen MR) is 172 cm³/mol. The molecule has 1 aliphatic rings. The Morgan fingerprint density at radius 1 is 1.00 bits per heavy atom. The van der Waals surface area contributed by atoms with Crippen LogP contribution in [0.5, 0.6) is 0 Å². The molecule has 4 aromatic heterocycles. The molecule has 0 radical (unpaired) electrons. The molecule has 11 nitrogen and oxygen atoms in total. The molecule has 13 heteroatoms. The largest absolute Gasteiger partial charge is 0.394 e. The molecule has 3 N–H and O–H groups in total. The highest BCUT2D eigenvalue weighted by molar-refractivity contribution is 7.84. The third-order valence-electron chi connectivity index (χ3n) is 8.57. The number of rotatable bonds is 10. The highest BCUT2D eigenvalue weighted by atomic mass is 32.2. The van der Waals surface area contributed by atoms with Crippen LogP contribution in [0.25, 0.3) is 22.2 Å². The second kappa shape index (κ2) is 12.2. The van der Waals surface area contributed by atoms with Crippen LogP contribution in [0.4, 0.5) is 10.2 Å². The highest BCUT2D eigenvalue weighted by Gasteiger charge is 2.39. The summed E-state index contributed by atoms with van der Waals surface area (Å²) in [5, 5.41) is 23.8. The first-order valence-electron chi connectivity index (χ1n) is 14.7. The lowest BCUT2D eigenvalue weighted by atomic mass is 9.71. The van der Waals surface area contributed by atoms with Crippen LogP contribution in [0.1, 0.15) is 50.6 Å². The fraction of sp³-hybridized carbons (Fsp3) is 0.344. The Morgan fingerprint density at radius 2 is 1.76 bits per heavy atom. The van der Waals surface area contributed by atoms with Gasteiger partial charge in [-0.1, -0.05) is 25.1 Å². The van der Waals surface area contributed by atoms with E-state index in [9.17, 15) is 13.7 Å². The Hall–Kier alpha value is -4.33. The van der Waals surface area contributed by atoms with E-state index in [1.54, 1.807) is 29.3 Å². The molecule has 2 atom stereocenters. The summed E-state index contributed by atoms with van der Waals surface area (Å²) in [6.45, 7) is 7.59. The van der Waals surface area contributed by atoms with Gasteiger partial charge in [-0.15, -0.1) is 0 Å². The van der Waals surface area contributed by atoms with Crippen molar-refractivity contribution < 1.29 is 13.7 Å². The fourth-order valence-corrected chi connectivity index (χ4v) is 6.44. The van der Waals surface area contributed by atoms with Crippen LogP contribution in [-0.4, -0.2) is 68.1 Å². The van der Waals surface area contributed by atoms with Crippen LogP contribution in [-0.2, 0) is 22.9 Å². The van der Waals surface area contributed by atoms with Gasteiger partial charge >= 0.3 is 0 Å². The van der Waals surface area contributed by atoms with E-state index in [1.807, 2.05) is 50.1 Å². The summed E-state index contributed by atoms with van der Waals surface area (Å²) >= 11 is 0. The number of aliphatic hydroxyl groups excluding tert-OH is 1. The van der Waals surface area contributed by atoms with E-state index in [4.69, 9.17) is 15.1 Å². The SMILES string of the molecule is CC(C)(C[C@@](C)(c1ccc(F)cc1)c1cnc(C2=CCN(c3ncnn4cc(-c5cnn(CCO)c5)cc34)CC2)nc1)S(N)=O. The van der Waals surface area contributed by atoms with E-state index in [-0.39, 0.29) is 12.4 Å². The van der Waals surface area contributed by atoms with Gasteiger partial charge in [-0.2, -0.15) is 10.2 Å². The van der Waals surface area contributed by atoms with Gasteiger partial charge in [0.1, 0.15) is 17.7 Å². The van der Waals surface area contributed by atoms with Crippen molar-refractivity contribution in [1.82, 2.24) is 34.3 Å². The predicted octanol–water partition coefficient (Wildman–Crippen LogP) is 3.91. The van der Waals surface area contributed by atoms with Gasteiger partial charge in [0.05, 0.1) is 35.1 Å². The van der Waals surface area contributed by atoms with Gasteiger partial charge in [0.2, 0.25) is 0 Å². The van der Waals surface area contributed by atoms with Crippen LogP contribution < -0.4 is 10.0 Å². The standard InChI is InChI=1S/C32H36FN9O2S/c1-31(2,45(34)44)20-32(3,25-4-6-27(33)7-5-25)26-16-35-29(36-17-26)22-8-10-40(11-9-22)30-28-14-23(19-42(28)39-21-37-30)24-15-38-41(18-24)12-13-43/h4-8,14-19,21,43H,9-13,20,34H2,1-3H3/t32-,45?/m0/s1. The first-order valence-corrected chi connectivity index (χ1v) is 15.9. The smallest absolute Gasteiger partial charge is 0.156 e. The summed E-state index contributed by atoms with van der Waals surface area (Å²) in [5.74, 6) is 1.17. The minimum absolute atomic E-state index is 0.0276. The summed E-state index contributed by atoms with van der Waals surface area (Å²) in [5.41, 5.74) is 4.91. The first kappa shape index (κ1) is 30.7. The Bertz CT molecular complexity index is 1870. The minimum atomic E-state index is -1.57. The molecule has 0 spiro atoms. The molecule has 0 bridgehead atoms. The van der Waals surface area contributed by atoms with Crippen LogP contribution in [0.3, 0.4) is 0 Å². The maximum absolute atomic E-state index is 13.8. The Morgan fingerprint density at radius 3 is 2.42 bits per heavy atom. The van der Waals surface area contributed by atoms with Crippen molar-refractivity contribution in [1.29, 1.82) is 0 Å². The van der Waals surface area contributed by atoms with Crippen LogP contribution in [0.2, 0.25) is 0 Å². The van der Waals surface area contributed by atoms with Crippen molar-refractivity contribution in [2.45, 2.75) is 50.3 Å². The monoisotopic (exact) mass is 629 g/mol. The van der Waals surface area contributed by atoms with Crippen molar-refractivity contribution in [2.24, 2.45) is 5.14 Å². The Kier molecular flexibility index (Phi) is 8.33. The van der Waals surface area contributed by atoms with E-state index in [0.29, 0.717) is 25.3 Å². The lowest BCUT2D eigenvalue weighted by molar-refractivity contribution is 0.269. The molecule has 6 rings (SSSR count). The molecule has 234 valence electrons. The van der Waals surface area contributed by atoms with Crippen LogP contribution in [0, 0.1) is 5.82 Å². The second-order valence-corrected chi connectivity index (χ2v) is 13.9. The molecule has 0 aliphatic carbocycles. The van der Waals surface area contributed by atoms with E-state index in [1.165, 1.54) is 12.1 Å². The molecule has 0 saturated carbocycles. The third kappa shape index (κ3) is 6.15. The Labute approximate surface area is 263 Å². The maximum Gasteiger partial charge on any atom is 0.156 e.